The Morgan fingerprint density at radius 1 is 1.00 bits per heavy atom. The molecular weight excluding hydrogens is 286 g/mol. The van der Waals surface area contributed by atoms with Crippen molar-refractivity contribution in [1.82, 2.24) is 14.9 Å². The van der Waals surface area contributed by atoms with Crippen molar-refractivity contribution in [3.8, 4) is 22.4 Å². The lowest BCUT2D eigenvalue weighted by Crippen LogP contribution is -2.34. The fraction of sp³-hybridized carbons (Fsp3) is 0.158. The van der Waals surface area contributed by atoms with Crippen molar-refractivity contribution in [2.75, 3.05) is 13.6 Å². The number of hydrogen-bond donors (Lipinski definition) is 1. The Bertz CT molecular complexity index is 853. The average Bonchev–Trinajstić information content (AvgIpc) is 3.00. The normalized spacial score (nSPS) is 14.0. The molecule has 3 aromatic rings. The van der Waals surface area contributed by atoms with E-state index in [-0.39, 0.29) is 5.91 Å². The smallest absolute Gasteiger partial charge is 0.256 e. The lowest BCUT2D eigenvalue weighted by Gasteiger charge is -2.23. The number of pyridine rings is 1. The lowest BCUT2D eigenvalue weighted by molar-refractivity contribution is 0.0781. The zero-order valence-electron chi connectivity index (χ0n) is 12.9. The summed E-state index contributed by atoms with van der Waals surface area (Å²) in [6.07, 6.45) is 4.40. The van der Waals surface area contributed by atoms with Gasteiger partial charge in [-0.15, -0.1) is 0 Å². The van der Waals surface area contributed by atoms with Gasteiger partial charge in [-0.2, -0.15) is 0 Å². The SMILES string of the molecule is CN1CCc2[nH]c(-c3ccncc3)c(-c3ccccc3)c2C1=O. The molecule has 0 saturated heterocycles. The second-order valence-electron chi connectivity index (χ2n) is 5.81. The van der Waals surface area contributed by atoms with Gasteiger partial charge in [0.15, 0.2) is 0 Å². The van der Waals surface area contributed by atoms with Gasteiger partial charge in [0.05, 0.1) is 11.3 Å². The largest absolute Gasteiger partial charge is 0.357 e. The molecule has 0 unspecified atom stereocenters. The van der Waals surface area contributed by atoms with E-state index in [0.29, 0.717) is 0 Å². The van der Waals surface area contributed by atoms with Gasteiger partial charge in [0, 0.05) is 49.2 Å². The van der Waals surface area contributed by atoms with Gasteiger partial charge in [-0.05, 0) is 17.7 Å². The molecule has 114 valence electrons. The van der Waals surface area contributed by atoms with Crippen LogP contribution in [-0.4, -0.2) is 34.4 Å². The summed E-state index contributed by atoms with van der Waals surface area (Å²) in [5.41, 5.74) is 5.91. The maximum Gasteiger partial charge on any atom is 0.256 e. The van der Waals surface area contributed by atoms with Crippen LogP contribution in [0.4, 0.5) is 0 Å². The van der Waals surface area contributed by atoms with Crippen LogP contribution in [0.2, 0.25) is 0 Å². The molecule has 1 N–H and O–H groups in total. The van der Waals surface area contributed by atoms with E-state index in [1.54, 1.807) is 17.3 Å². The lowest BCUT2D eigenvalue weighted by atomic mass is 9.95. The number of likely N-dealkylation sites (N-methyl/N-ethyl adjacent to an activating group) is 1. The molecule has 2 aromatic heterocycles. The highest BCUT2D eigenvalue weighted by atomic mass is 16.2. The highest BCUT2D eigenvalue weighted by molar-refractivity contribution is 6.06. The average molecular weight is 303 g/mol. The van der Waals surface area contributed by atoms with Gasteiger partial charge in [0.2, 0.25) is 0 Å². The van der Waals surface area contributed by atoms with Gasteiger partial charge in [-0.25, -0.2) is 0 Å². The first-order valence-corrected chi connectivity index (χ1v) is 7.72. The summed E-state index contributed by atoms with van der Waals surface area (Å²) in [6, 6.07) is 14.0. The van der Waals surface area contributed by atoms with Gasteiger partial charge in [-0.1, -0.05) is 30.3 Å². The van der Waals surface area contributed by atoms with Crippen molar-refractivity contribution in [1.29, 1.82) is 0 Å². The Kier molecular flexibility index (Phi) is 3.23. The topological polar surface area (TPSA) is 49.0 Å². The number of aromatic nitrogens is 2. The summed E-state index contributed by atoms with van der Waals surface area (Å²) in [5, 5.41) is 0. The second-order valence-corrected chi connectivity index (χ2v) is 5.81. The zero-order chi connectivity index (χ0) is 15.8. The third kappa shape index (κ3) is 2.23. The van der Waals surface area contributed by atoms with Crippen molar-refractivity contribution < 1.29 is 4.79 Å². The number of nitrogens with zero attached hydrogens (tertiary/aromatic N) is 2. The quantitative estimate of drug-likeness (QED) is 0.789. The molecule has 1 aliphatic heterocycles. The number of rotatable bonds is 2. The fourth-order valence-corrected chi connectivity index (χ4v) is 3.18. The van der Waals surface area contributed by atoms with E-state index in [1.807, 2.05) is 37.4 Å². The van der Waals surface area contributed by atoms with Crippen LogP contribution >= 0.6 is 0 Å². The van der Waals surface area contributed by atoms with E-state index < -0.39 is 0 Å². The highest BCUT2D eigenvalue weighted by Crippen LogP contribution is 2.38. The monoisotopic (exact) mass is 303 g/mol. The summed E-state index contributed by atoms with van der Waals surface area (Å²) in [7, 11) is 1.86. The molecule has 1 aromatic carbocycles. The first kappa shape index (κ1) is 13.8. The maximum absolute atomic E-state index is 12.7. The second kappa shape index (κ2) is 5.39. The standard InChI is InChI=1S/C19H17N3O/c1-22-12-9-15-17(19(22)23)16(13-5-3-2-4-6-13)18(21-15)14-7-10-20-11-8-14/h2-8,10-11,21H,9,12H2,1H3. The Balaban J connectivity index is 2.01. The Morgan fingerprint density at radius 2 is 1.74 bits per heavy atom. The number of carbonyl (C=O) groups is 1. The first-order valence-electron chi connectivity index (χ1n) is 7.72. The number of fused-ring (bicyclic) bond motifs is 1. The van der Waals surface area contributed by atoms with Gasteiger partial charge in [-0.3, -0.25) is 9.78 Å². The number of benzene rings is 1. The molecule has 0 radical (unpaired) electrons. The predicted molar refractivity (Wildman–Crippen MR) is 90.1 cm³/mol. The molecule has 4 rings (SSSR count). The van der Waals surface area contributed by atoms with Crippen LogP contribution in [-0.2, 0) is 6.42 Å². The molecule has 4 nitrogen and oxygen atoms in total. The van der Waals surface area contributed by atoms with E-state index in [4.69, 9.17) is 0 Å². The van der Waals surface area contributed by atoms with Crippen LogP contribution in [0, 0.1) is 0 Å². The molecule has 0 spiro atoms. The molecule has 1 amide bonds. The molecule has 0 atom stereocenters. The summed E-state index contributed by atoms with van der Waals surface area (Å²) in [5.74, 6) is 0.0849. The van der Waals surface area contributed by atoms with E-state index in [9.17, 15) is 4.79 Å². The number of carbonyl (C=O) groups excluding carboxylic acids is 1. The van der Waals surface area contributed by atoms with Gasteiger partial charge in [0.25, 0.3) is 5.91 Å². The van der Waals surface area contributed by atoms with E-state index in [0.717, 1.165) is 46.6 Å². The molecule has 0 bridgehead atoms. The van der Waals surface area contributed by atoms with Gasteiger partial charge >= 0.3 is 0 Å². The number of nitrogens with one attached hydrogen (secondary N) is 1. The number of H-pyrrole nitrogens is 1. The minimum Gasteiger partial charge on any atom is -0.357 e. The number of amides is 1. The summed E-state index contributed by atoms with van der Waals surface area (Å²) >= 11 is 0. The van der Waals surface area contributed by atoms with Gasteiger partial charge < -0.3 is 9.88 Å². The molecular formula is C19H17N3O. The van der Waals surface area contributed by atoms with Crippen LogP contribution in [0.5, 0.6) is 0 Å². The fourth-order valence-electron chi connectivity index (χ4n) is 3.18. The van der Waals surface area contributed by atoms with E-state index in [2.05, 4.69) is 22.1 Å². The van der Waals surface area contributed by atoms with Crippen LogP contribution < -0.4 is 0 Å². The van der Waals surface area contributed by atoms with Gasteiger partial charge in [0.1, 0.15) is 0 Å². The van der Waals surface area contributed by atoms with Crippen molar-refractivity contribution >= 4 is 5.91 Å². The summed E-state index contributed by atoms with van der Waals surface area (Å²) < 4.78 is 0. The van der Waals surface area contributed by atoms with Crippen molar-refractivity contribution in [3.63, 3.8) is 0 Å². The number of hydrogen-bond acceptors (Lipinski definition) is 2. The Hall–Kier alpha value is -2.88. The van der Waals surface area contributed by atoms with Crippen LogP contribution in [0.3, 0.4) is 0 Å². The first-order chi connectivity index (χ1) is 11.3. The molecule has 1 aliphatic rings. The van der Waals surface area contributed by atoms with Crippen LogP contribution in [0.25, 0.3) is 22.4 Å². The molecule has 0 saturated carbocycles. The minimum atomic E-state index is 0.0849. The van der Waals surface area contributed by atoms with Crippen LogP contribution in [0.15, 0.2) is 54.9 Å². The molecule has 23 heavy (non-hydrogen) atoms. The van der Waals surface area contributed by atoms with E-state index >= 15 is 0 Å². The Morgan fingerprint density at radius 3 is 2.48 bits per heavy atom. The van der Waals surface area contributed by atoms with Crippen molar-refractivity contribution in [2.45, 2.75) is 6.42 Å². The van der Waals surface area contributed by atoms with Crippen LogP contribution in [0.1, 0.15) is 16.1 Å². The predicted octanol–water partition coefficient (Wildman–Crippen LogP) is 3.37. The molecule has 4 heteroatoms. The maximum atomic E-state index is 12.7. The molecule has 0 fully saturated rings. The third-order valence-electron chi connectivity index (χ3n) is 4.37. The highest BCUT2D eigenvalue weighted by Gasteiger charge is 2.30. The summed E-state index contributed by atoms with van der Waals surface area (Å²) in [4.78, 5) is 22.1. The zero-order valence-corrected chi connectivity index (χ0v) is 12.9. The molecule has 3 heterocycles. The van der Waals surface area contributed by atoms with Crippen molar-refractivity contribution in [2.24, 2.45) is 0 Å². The number of aromatic amines is 1. The Labute approximate surface area is 134 Å². The molecule has 0 aliphatic carbocycles. The summed E-state index contributed by atoms with van der Waals surface area (Å²) in [6.45, 7) is 0.746. The third-order valence-corrected chi connectivity index (χ3v) is 4.37. The van der Waals surface area contributed by atoms with Crippen molar-refractivity contribution in [3.05, 3.63) is 66.1 Å². The minimum absolute atomic E-state index is 0.0849. The van der Waals surface area contributed by atoms with E-state index in [1.165, 1.54) is 0 Å².